The van der Waals surface area contributed by atoms with Gasteiger partial charge in [-0.25, -0.2) is 0 Å². The van der Waals surface area contributed by atoms with Crippen LogP contribution in [0.15, 0.2) is 0 Å². The van der Waals surface area contributed by atoms with Crippen molar-refractivity contribution in [1.82, 2.24) is 10.2 Å². The summed E-state index contributed by atoms with van der Waals surface area (Å²) in [6.45, 7) is 3.27. The van der Waals surface area contributed by atoms with Crippen molar-refractivity contribution >= 4 is 33.7 Å². The number of nitrogens with zero attached hydrogens (tertiary/aromatic N) is 1. The van der Waals surface area contributed by atoms with E-state index in [9.17, 15) is 14.4 Å². The fraction of sp³-hybridized carbons (Fsp3) is 0.769. The molecule has 0 radical (unpaired) electrons. The van der Waals surface area contributed by atoms with Gasteiger partial charge in [-0.3, -0.25) is 14.4 Å². The lowest BCUT2D eigenvalue weighted by Gasteiger charge is -2.34. The molecule has 0 aromatic heterocycles. The van der Waals surface area contributed by atoms with Gasteiger partial charge in [-0.05, 0) is 6.42 Å². The molecule has 20 heavy (non-hydrogen) atoms. The number of hydrogen-bond donors (Lipinski definition) is 1. The number of esters is 1. The van der Waals surface area contributed by atoms with Crippen LogP contribution in [0.5, 0.6) is 0 Å². The lowest BCUT2D eigenvalue weighted by atomic mass is 10.1. The third-order valence-electron chi connectivity index (χ3n) is 3.14. The van der Waals surface area contributed by atoms with Crippen LogP contribution >= 0.6 is 15.9 Å². The molecule has 1 aliphatic rings. The largest absolute Gasteiger partial charge is 0.466 e. The maximum absolute atomic E-state index is 11.8. The highest BCUT2D eigenvalue weighted by Crippen LogP contribution is 2.11. The lowest BCUT2D eigenvalue weighted by molar-refractivity contribution is -0.151. The highest BCUT2D eigenvalue weighted by atomic mass is 79.9. The first-order valence-corrected chi connectivity index (χ1v) is 8.01. The summed E-state index contributed by atoms with van der Waals surface area (Å²) in [5.41, 5.74) is 0. The van der Waals surface area contributed by atoms with Crippen LogP contribution in [0.2, 0.25) is 0 Å². The fourth-order valence-corrected chi connectivity index (χ4v) is 2.37. The van der Waals surface area contributed by atoms with Crippen LogP contribution in [-0.2, 0) is 19.1 Å². The van der Waals surface area contributed by atoms with Crippen LogP contribution in [0.4, 0.5) is 0 Å². The molecule has 0 spiro atoms. The van der Waals surface area contributed by atoms with E-state index in [2.05, 4.69) is 28.2 Å². The molecule has 1 aliphatic heterocycles. The smallest absolute Gasteiger partial charge is 0.308 e. The molecule has 1 saturated heterocycles. The second-order valence-corrected chi connectivity index (χ2v) is 5.22. The number of hydrogen-bond acceptors (Lipinski definition) is 4. The fourth-order valence-electron chi connectivity index (χ4n) is 2.05. The maximum Gasteiger partial charge on any atom is 0.308 e. The first kappa shape index (κ1) is 16.9. The molecule has 0 bridgehead atoms. The minimum atomic E-state index is -0.757. The summed E-state index contributed by atoms with van der Waals surface area (Å²) in [7, 11) is 0. The maximum atomic E-state index is 11.8. The van der Waals surface area contributed by atoms with Crippen molar-refractivity contribution in [2.75, 3.05) is 25.0 Å². The van der Waals surface area contributed by atoms with Gasteiger partial charge in [0.25, 0.3) is 0 Å². The average Bonchev–Trinajstić information content (AvgIpc) is 2.45. The van der Waals surface area contributed by atoms with E-state index in [1.54, 1.807) is 0 Å². The van der Waals surface area contributed by atoms with Gasteiger partial charge in [0, 0.05) is 13.1 Å². The van der Waals surface area contributed by atoms with Crippen molar-refractivity contribution in [3.05, 3.63) is 0 Å². The molecule has 0 unspecified atom stereocenters. The molecule has 0 aliphatic carbocycles. The van der Waals surface area contributed by atoms with Crippen molar-refractivity contribution in [2.24, 2.45) is 0 Å². The number of carbonyl (C=O) groups is 3. The summed E-state index contributed by atoms with van der Waals surface area (Å²) >= 11 is 3.08. The van der Waals surface area contributed by atoms with Crippen molar-refractivity contribution in [1.29, 1.82) is 0 Å². The topological polar surface area (TPSA) is 75.7 Å². The number of unbranched alkanes of at least 4 members (excludes halogenated alkanes) is 2. The Morgan fingerprint density at radius 3 is 2.85 bits per heavy atom. The zero-order valence-corrected chi connectivity index (χ0v) is 13.3. The molecule has 0 aromatic carbocycles. The summed E-state index contributed by atoms with van der Waals surface area (Å²) in [4.78, 5) is 36.7. The molecule has 6 nitrogen and oxygen atoms in total. The Morgan fingerprint density at radius 2 is 2.20 bits per heavy atom. The van der Waals surface area contributed by atoms with E-state index in [0.29, 0.717) is 19.7 Å². The minimum Gasteiger partial charge on any atom is -0.466 e. The predicted molar refractivity (Wildman–Crippen MR) is 77.4 cm³/mol. The Balaban J connectivity index is 2.49. The highest BCUT2D eigenvalue weighted by Gasteiger charge is 2.34. The third kappa shape index (κ3) is 5.11. The van der Waals surface area contributed by atoms with E-state index in [0.717, 1.165) is 19.3 Å². The number of nitrogens with one attached hydrogen (secondary N) is 1. The summed E-state index contributed by atoms with van der Waals surface area (Å²) in [6.07, 6.45) is 2.79. The third-order valence-corrected chi connectivity index (χ3v) is 3.62. The molecule has 1 atom stereocenters. The normalized spacial score (nSPS) is 18.6. The monoisotopic (exact) mass is 348 g/mol. The van der Waals surface area contributed by atoms with Gasteiger partial charge in [0.15, 0.2) is 0 Å². The van der Waals surface area contributed by atoms with Gasteiger partial charge in [-0.1, -0.05) is 35.7 Å². The van der Waals surface area contributed by atoms with E-state index in [1.807, 2.05) is 0 Å². The van der Waals surface area contributed by atoms with E-state index >= 15 is 0 Å². The lowest BCUT2D eigenvalue weighted by Crippen LogP contribution is -2.58. The van der Waals surface area contributed by atoms with Gasteiger partial charge in [-0.15, -0.1) is 0 Å². The van der Waals surface area contributed by atoms with Crippen molar-refractivity contribution in [3.8, 4) is 0 Å². The second-order valence-electron chi connectivity index (χ2n) is 4.66. The molecule has 114 valence electrons. The molecule has 1 fully saturated rings. The molecule has 7 heteroatoms. The Labute approximate surface area is 127 Å². The van der Waals surface area contributed by atoms with E-state index in [-0.39, 0.29) is 23.6 Å². The van der Waals surface area contributed by atoms with Gasteiger partial charge in [0.1, 0.15) is 6.04 Å². The molecule has 1 heterocycles. The van der Waals surface area contributed by atoms with Crippen LogP contribution in [0.1, 0.15) is 32.6 Å². The number of halogens is 1. The van der Waals surface area contributed by atoms with E-state index < -0.39 is 12.0 Å². The molecule has 0 saturated carbocycles. The Bertz CT molecular complexity index is 362. The van der Waals surface area contributed by atoms with Crippen LogP contribution in [-0.4, -0.2) is 53.8 Å². The first-order chi connectivity index (χ1) is 9.60. The average molecular weight is 349 g/mol. The zero-order valence-electron chi connectivity index (χ0n) is 11.7. The summed E-state index contributed by atoms with van der Waals surface area (Å²) in [5.74, 6) is -0.921. The number of alkyl halides is 1. The summed E-state index contributed by atoms with van der Waals surface area (Å²) in [5, 5.41) is 2.81. The van der Waals surface area contributed by atoms with Gasteiger partial charge in [0.2, 0.25) is 11.8 Å². The SMILES string of the molecule is CCCCCOC(=O)C[C@@H]1C(=O)NCCN1C(=O)CBr. The molecule has 2 amide bonds. The van der Waals surface area contributed by atoms with Crippen molar-refractivity contribution in [2.45, 2.75) is 38.6 Å². The quantitative estimate of drug-likeness (QED) is 0.420. The number of carbonyl (C=O) groups excluding carboxylic acids is 3. The Kier molecular flexibility index (Phi) is 7.58. The number of piperazine rings is 1. The minimum absolute atomic E-state index is 0.0866. The summed E-state index contributed by atoms with van der Waals surface area (Å²) in [6, 6.07) is -0.757. The molecular weight excluding hydrogens is 328 g/mol. The van der Waals surface area contributed by atoms with Gasteiger partial charge >= 0.3 is 5.97 Å². The standard InChI is InChI=1S/C13H21BrN2O4/c1-2-3-4-7-20-12(18)8-10-13(19)15-5-6-16(10)11(17)9-14/h10H,2-9H2,1H3,(H,15,19)/t10-/m1/s1. The van der Waals surface area contributed by atoms with Crippen LogP contribution in [0.3, 0.4) is 0 Å². The van der Waals surface area contributed by atoms with Crippen LogP contribution < -0.4 is 5.32 Å². The van der Waals surface area contributed by atoms with E-state index in [4.69, 9.17) is 4.74 Å². The Morgan fingerprint density at radius 1 is 1.45 bits per heavy atom. The van der Waals surface area contributed by atoms with Crippen molar-refractivity contribution < 1.29 is 19.1 Å². The highest BCUT2D eigenvalue weighted by molar-refractivity contribution is 9.09. The van der Waals surface area contributed by atoms with E-state index in [1.165, 1.54) is 4.90 Å². The van der Waals surface area contributed by atoms with Crippen LogP contribution in [0.25, 0.3) is 0 Å². The van der Waals surface area contributed by atoms with Gasteiger partial charge < -0.3 is 15.0 Å². The molecule has 1 N–H and O–H groups in total. The molecular formula is C13H21BrN2O4. The number of rotatable bonds is 7. The van der Waals surface area contributed by atoms with Crippen molar-refractivity contribution in [3.63, 3.8) is 0 Å². The number of ether oxygens (including phenoxy) is 1. The first-order valence-electron chi connectivity index (χ1n) is 6.89. The second kappa shape index (κ2) is 8.94. The van der Waals surface area contributed by atoms with Crippen LogP contribution in [0, 0.1) is 0 Å². The Hall–Kier alpha value is -1.11. The molecule has 1 rings (SSSR count). The predicted octanol–water partition coefficient (Wildman–Crippen LogP) is 0.832. The molecule has 0 aromatic rings. The van der Waals surface area contributed by atoms with Gasteiger partial charge in [0.05, 0.1) is 18.4 Å². The zero-order chi connectivity index (χ0) is 15.0. The van der Waals surface area contributed by atoms with Gasteiger partial charge in [-0.2, -0.15) is 0 Å². The number of amides is 2. The summed E-state index contributed by atoms with van der Waals surface area (Å²) < 4.78 is 5.09.